The molecular formula is C18H17N3O3S. The number of primary amides is 1. The minimum absolute atomic E-state index is 0.105. The van der Waals surface area contributed by atoms with Crippen LogP contribution >= 0.6 is 11.8 Å². The third-order valence-corrected chi connectivity index (χ3v) is 4.36. The van der Waals surface area contributed by atoms with Crippen LogP contribution in [0.5, 0.6) is 0 Å². The summed E-state index contributed by atoms with van der Waals surface area (Å²) >= 11 is 1.23. The number of nitrogens with zero attached hydrogens (tertiary/aromatic N) is 2. The van der Waals surface area contributed by atoms with Crippen molar-refractivity contribution in [1.82, 2.24) is 4.98 Å². The number of anilines is 1. The Bertz CT molecular complexity index is 846. The molecule has 7 heteroatoms. The van der Waals surface area contributed by atoms with Crippen molar-refractivity contribution in [2.45, 2.75) is 11.6 Å². The molecule has 6 nitrogen and oxygen atoms in total. The molecule has 25 heavy (non-hydrogen) atoms. The molecular weight excluding hydrogens is 338 g/mol. The van der Waals surface area contributed by atoms with E-state index in [1.54, 1.807) is 4.90 Å². The van der Waals surface area contributed by atoms with Crippen molar-refractivity contribution in [3.63, 3.8) is 0 Å². The summed E-state index contributed by atoms with van der Waals surface area (Å²) in [6.45, 7) is 0.242. The summed E-state index contributed by atoms with van der Waals surface area (Å²) in [4.78, 5) is 29.6. The zero-order valence-corrected chi connectivity index (χ0v) is 14.2. The largest absolute Gasteiger partial charge is 0.431 e. The molecule has 0 spiro atoms. The number of nitrogens with two attached hydrogens (primary N) is 1. The van der Waals surface area contributed by atoms with Crippen LogP contribution in [0.1, 0.15) is 6.42 Å². The highest BCUT2D eigenvalue weighted by Gasteiger charge is 2.18. The Kier molecular flexibility index (Phi) is 5.35. The Labute approximate surface area is 149 Å². The number of oxazole rings is 1. The van der Waals surface area contributed by atoms with Crippen LogP contribution in [0.25, 0.3) is 11.1 Å². The molecule has 1 aromatic heterocycles. The molecule has 0 fully saturated rings. The molecule has 2 aromatic carbocycles. The van der Waals surface area contributed by atoms with Gasteiger partial charge in [-0.1, -0.05) is 42.1 Å². The van der Waals surface area contributed by atoms with Crippen molar-refractivity contribution in [2.75, 3.05) is 17.2 Å². The number of hydrogen-bond donors (Lipinski definition) is 1. The molecule has 0 atom stereocenters. The van der Waals surface area contributed by atoms with Gasteiger partial charge in [-0.3, -0.25) is 9.59 Å². The average molecular weight is 355 g/mol. The van der Waals surface area contributed by atoms with E-state index in [1.807, 2.05) is 54.6 Å². The third kappa shape index (κ3) is 4.39. The number of benzene rings is 2. The van der Waals surface area contributed by atoms with E-state index in [2.05, 4.69) is 4.98 Å². The second-order valence-corrected chi connectivity index (χ2v) is 6.26. The first kappa shape index (κ1) is 17.0. The molecule has 0 saturated carbocycles. The maximum Gasteiger partial charge on any atom is 0.257 e. The molecule has 1 heterocycles. The Morgan fingerprint density at radius 1 is 1.08 bits per heavy atom. The topological polar surface area (TPSA) is 89.4 Å². The van der Waals surface area contributed by atoms with Gasteiger partial charge < -0.3 is 15.1 Å². The van der Waals surface area contributed by atoms with Crippen LogP contribution in [0.4, 0.5) is 5.69 Å². The fraction of sp³-hybridized carbons (Fsp3) is 0.167. The van der Waals surface area contributed by atoms with Crippen LogP contribution < -0.4 is 10.6 Å². The van der Waals surface area contributed by atoms with Crippen molar-refractivity contribution in [1.29, 1.82) is 0 Å². The van der Waals surface area contributed by atoms with Gasteiger partial charge in [0.05, 0.1) is 5.75 Å². The second kappa shape index (κ2) is 7.85. The minimum atomic E-state index is -0.444. The van der Waals surface area contributed by atoms with Crippen molar-refractivity contribution in [3.8, 4) is 0 Å². The summed E-state index contributed by atoms with van der Waals surface area (Å²) in [5, 5.41) is 0.442. The molecule has 0 saturated heterocycles. The van der Waals surface area contributed by atoms with Gasteiger partial charge in [-0.15, -0.1) is 0 Å². The van der Waals surface area contributed by atoms with Crippen LogP contribution in [0.2, 0.25) is 0 Å². The zero-order chi connectivity index (χ0) is 17.6. The minimum Gasteiger partial charge on any atom is -0.431 e. The fourth-order valence-corrected chi connectivity index (χ4v) is 3.06. The quantitative estimate of drug-likeness (QED) is 0.658. The lowest BCUT2D eigenvalue weighted by Gasteiger charge is -2.21. The normalized spacial score (nSPS) is 10.7. The standard InChI is InChI=1S/C18H17N3O3S/c19-16(22)10-11-21(13-6-2-1-3-7-13)17(23)12-25-18-20-14-8-4-5-9-15(14)24-18/h1-9H,10-12H2,(H2,19,22). The average Bonchev–Trinajstić information content (AvgIpc) is 3.04. The lowest BCUT2D eigenvalue weighted by molar-refractivity contribution is -0.118. The van der Waals surface area contributed by atoms with Crippen molar-refractivity contribution >= 4 is 40.4 Å². The molecule has 3 rings (SSSR count). The third-order valence-electron chi connectivity index (χ3n) is 3.54. The van der Waals surface area contributed by atoms with Crippen molar-refractivity contribution < 1.29 is 14.0 Å². The van der Waals surface area contributed by atoms with E-state index < -0.39 is 5.91 Å². The molecule has 128 valence electrons. The number of aromatic nitrogens is 1. The summed E-state index contributed by atoms with van der Waals surface area (Å²) in [6.07, 6.45) is 0.105. The molecule has 0 radical (unpaired) electrons. The predicted molar refractivity (Wildman–Crippen MR) is 97.3 cm³/mol. The van der Waals surface area contributed by atoms with Gasteiger partial charge in [0.2, 0.25) is 11.8 Å². The number of rotatable bonds is 7. The number of carbonyl (C=O) groups excluding carboxylic acids is 2. The van der Waals surface area contributed by atoms with Gasteiger partial charge in [0, 0.05) is 18.7 Å². The van der Waals surface area contributed by atoms with Crippen molar-refractivity contribution in [3.05, 3.63) is 54.6 Å². The van der Waals surface area contributed by atoms with Gasteiger partial charge in [0.1, 0.15) is 5.52 Å². The Morgan fingerprint density at radius 2 is 1.80 bits per heavy atom. The van der Waals surface area contributed by atoms with E-state index >= 15 is 0 Å². The second-order valence-electron chi connectivity index (χ2n) is 5.33. The molecule has 0 unspecified atom stereocenters. The first-order chi connectivity index (χ1) is 12.1. The highest BCUT2D eigenvalue weighted by Crippen LogP contribution is 2.24. The van der Waals surface area contributed by atoms with Gasteiger partial charge in [0.25, 0.3) is 5.22 Å². The molecule has 0 aliphatic carbocycles. The Morgan fingerprint density at radius 3 is 2.52 bits per heavy atom. The van der Waals surface area contributed by atoms with Gasteiger partial charge in [0.15, 0.2) is 5.58 Å². The summed E-state index contributed by atoms with van der Waals surface area (Å²) < 4.78 is 5.61. The SMILES string of the molecule is NC(=O)CCN(C(=O)CSc1nc2ccccc2o1)c1ccccc1. The van der Waals surface area contributed by atoms with Crippen LogP contribution in [-0.2, 0) is 9.59 Å². The van der Waals surface area contributed by atoms with E-state index in [0.29, 0.717) is 10.8 Å². The maximum absolute atomic E-state index is 12.6. The fourth-order valence-electron chi connectivity index (χ4n) is 2.34. The highest BCUT2D eigenvalue weighted by molar-refractivity contribution is 7.99. The van der Waals surface area contributed by atoms with Gasteiger partial charge in [-0.05, 0) is 24.3 Å². The number of thioether (sulfide) groups is 1. The number of amides is 2. The van der Waals surface area contributed by atoms with E-state index in [4.69, 9.17) is 10.2 Å². The highest BCUT2D eigenvalue weighted by atomic mass is 32.2. The summed E-state index contributed by atoms with van der Waals surface area (Å²) in [6, 6.07) is 16.6. The van der Waals surface area contributed by atoms with E-state index in [1.165, 1.54) is 11.8 Å². The summed E-state index contributed by atoms with van der Waals surface area (Å²) in [5.74, 6) is -0.430. The lowest BCUT2D eigenvalue weighted by atomic mass is 10.2. The van der Waals surface area contributed by atoms with Gasteiger partial charge in [-0.2, -0.15) is 0 Å². The first-order valence-electron chi connectivity index (χ1n) is 7.75. The molecule has 0 bridgehead atoms. The van der Waals surface area contributed by atoms with Gasteiger partial charge >= 0.3 is 0 Å². The van der Waals surface area contributed by atoms with Crippen LogP contribution in [0.3, 0.4) is 0 Å². The van der Waals surface area contributed by atoms with E-state index in [9.17, 15) is 9.59 Å². The first-order valence-corrected chi connectivity index (χ1v) is 8.74. The Hall–Kier alpha value is -2.80. The smallest absolute Gasteiger partial charge is 0.257 e. The van der Waals surface area contributed by atoms with E-state index in [0.717, 1.165) is 11.2 Å². The molecule has 0 aliphatic heterocycles. The molecule has 2 amide bonds. The summed E-state index contributed by atoms with van der Waals surface area (Å²) in [5.41, 5.74) is 7.39. The molecule has 2 N–H and O–H groups in total. The monoisotopic (exact) mass is 355 g/mol. The maximum atomic E-state index is 12.6. The van der Waals surface area contributed by atoms with Crippen LogP contribution in [0, 0.1) is 0 Å². The van der Waals surface area contributed by atoms with Crippen LogP contribution in [0.15, 0.2) is 64.2 Å². The number of carbonyl (C=O) groups is 2. The van der Waals surface area contributed by atoms with Gasteiger partial charge in [-0.25, -0.2) is 4.98 Å². The van der Waals surface area contributed by atoms with E-state index in [-0.39, 0.29) is 24.6 Å². The zero-order valence-electron chi connectivity index (χ0n) is 13.4. The number of hydrogen-bond acceptors (Lipinski definition) is 5. The summed E-state index contributed by atoms with van der Waals surface area (Å²) in [7, 11) is 0. The number of fused-ring (bicyclic) bond motifs is 1. The van der Waals surface area contributed by atoms with Crippen LogP contribution in [-0.4, -0.2) is 29.1 Å². The number of para-hydroxylation sites is 3. The predicted octanol–water partition coefficient (Wildman–Crippen LogP) is 2.83. The Balaban J connectivity index is 1.69. The molecule has 0 aliphatic rings. The van der Waals surface area contributed by atoms with Crippen molar-refractivity contribution in [2.24, 2.45) is 5.73 Å². The molecule has 3 aromatic rings. The lowest BCUT2D eigenvalue weighted by Crippen LogP contribution is -2.35.